The summed E-state index contributed by atoms with van der Waals surface area (Å²) in [7, 11) is 0. The van der Waals surface area contributed by atoms with Gasteiger partial charge < -0.3 is 10.4 Å². The minimum atomic E-state index is 0.0719. The lowest BCUT2D eigenvalue weighted by Gasteiger charge is -2.08. The van der Waals surface area contributed by atoms with Crippen molar-refractivity contribution in [2.24, 2.45) is 0 Å². The predicted molar refractivity (Wildman–Crippen MR) is 79.2 cm³/mol. The van der Waals surface area contributed by atoms with E-state index in [9.17, 15) is 0 Å². The van der Waals surface area contributed by atoms with Crippen LogP contribution >= 0.6 is 0 Å². The van der Waals surface area contributed by atoms with Crippen LogP contribution in [0.4, 0.5) is 5.82 Å². The number of aliphatic hydroxyl groups excluding tert-OH is 1. The molecule has 0 saturated heterocycles. The Hall–Kier alpha value is -2.46. The first-order valence-corrected chi connectivity index (χ1v) is 6.50. The summed E-state index contributed by atoms with van der Waals surface area (Å²) in [5.41, 5.74) is 2.05. The van der Waals surface area contributed by atoms with E-state index in [2.05, 4.69) is 15.5 Å². The van der Waals surface area contributed by atoms with Gasteiger partial charge in [0.05, 0.1) is 12.8 Å². The second-order valence-electron chi connectivity index (χ2n) is 4.61. The Kier molecular flexibility index (Phi) is 3.56. The van der Waals surface area contributed by atoms with E-state index < -0.39 is 0 Å². The third-order valence-electron chi connectivity index (χ3n) is 3.24. The molecule has 20 heavy (non-hydrogen) atoms. The standard InChI is InChI=1S/C16H15N3O/c20-11-13-7-5-12(6-8-13)9-17-16-15-4-2-1-3-14(15)10-18-19-16/h1-8,10,20H,9,11H2,(H,17,19). The molecule has 4 nitrogen and oxygen atoms in total. The van der Waals surface area contributed by atoms with Crippen molar-refractivity contribution in [1.29, 1.82) is 0 Å². The van der Waals surface area contributed by atoms with Crippen LogP contribution in [0, 0.1) is 0 Å². The Bertz CT molecular complexity index is 705. The summed E-state index contributed by atoms with van der Waals surface area (Å²) in [6.07, 6.45) is 1.76. The first-order valence-electron chi connectivity index (χ1n) is 6.50. The van der Waals surface area contributed by atoms with E-state index in [1.165, 1.54) is 0 Å². The number of benzene rings is 2. The van der Waals surface area contributed by atoms with Crippen LogP contribution in [0.2, 0.25) is 0 Å². The van der Waals surface area contributed by atoms with Gasteiger partial charge in [-0.2, -0.15) is 5.10 Å². The van der Waals surface area contributed by atoms with Gasteiger partial charge in [-0.1, -0.05) is 48.5 Å². The first kappa shape index (κ1) is 12.6. The fourth-order valence-electron chi connectivity index (χ4n) is 2.11. The molecule has 0 atom stereocenters. The number of nitrogens with one attached hydrogen (secondary N) is 1. The molecule has 0 aliphatic rings. The number of hydrogen-bond acceptors (Lipinski definition) is 4. The lowest BCUT2D eigenvalue weighted by molar-refractivity contribution is 0.282. The fraction of sp³-hybridized carbons (Fsp3) is 0.125. The van der Waals surface area contributed by atoms with Gasteiger partial charge in [-0.25, -0.2) is 0 Å². The van der Waals surface area contributed by atoms with E-state index in [1.54, 1.807) is 6.20 Å². The molecule has 0 aliphatic heterocycles. The van der Waals surface area contributed by atoms with Crippen molar-refractivity contribution in [2.75, 3.05) is 5.32 Å². The van der Waals surface area contributed by atoms with E-state index in [0.717, 1.165) is 27.7 Å². The van der Waals surface area contributed by atoms with Gasteiger partial charge in [-0.05, 0) is 11.1 Å². The smallest absolute Gasteiger partial charge is 0.156 e. The van der Waals surface area contributed by atoms with Crippen LogP contribution in [0.15, 0.2) is 54.7 Å². The quantitative estimate of drug-likeness (QED) is 0.761. The van der Waals surface area contributed by atoms with Crippen LogP contribution in [0.1, 0.15) is 11.1 Å². The Labute approximate surface area is 117 Å². The van der Waals surface area contributed by atoms with Crippen LogP contribution in [-0.4, -0.2) is 15.3 Å². The number of rotatable bonds is 4. The van der Waals surface area contributed by atoms with Crippen molar-refractivity contribution < 1.29 is 5.11 Å². The number of aromatic nitrogens is 2. The van der Waals surface area contributed by atoms with Crippen LogP contribution in [0.25, 0.3) is 10.8 Å². The van der Waals surface area contributed by atoms with E-state index in [1.807, 2.05) is 48.5 Å². The second-order valence-corrected chi connectivity index (χ2v) is 4.61. The van der Waals surface area contributed by atoms with Crippen molar-refractivity contribution in [3.05, 3.63) is 65.9 Å². The largest absolute Gasteiger partial charge is 0.392 e. The van der Waals surface area contributed by atoms with Crippen LogP contribution in [0.3, 0.4) is 0 Å². The first-order chi connectivity index (χ1) is 9.86. The Morgan fingerprint density at radius 1 is 0.950 bits per heavy atom. The second kappa shape index (κ2) is 5.67. The molecule has 100 valence electrons. The van der Waals surface area contributed by atoms with Gasteiger partial charge in [0.2, 0.25) is 0 Å². The van der Waals surface area contributed by atoms with E-state index in [0.29, 0.717) is 6.54 Å². The number of aliphatic hydroxyl groups is 1. The highest BCUT2D eigenvalue weighted by atomic mass is 16.3. The number of nitrogens with zero attached hydrogens (tertiary/aromatic N) is 2. The maximum Gasteiger partial charge on any atom is 0.156 e. The van der Waals surface area contributed by atoms with E-state index >= 15 is 0 Å². The number of fused-ring (bicyclic) bond motifs is 1. The zero-order chi connectivity index (χ0) is 13.8. The van der Waals surface area contributed by atoms with E-state index in [4.69, 9.17) is 5.11 Å². The highest BCUT2D eigenvalue weighted by molar-refractivity contribution is 5.90. The number of anilines is 1. The fourth-order valence-corrected chi connectivity index (χ4v) is 2.11. The molecule has 4 heteroatoms. The normalized spacial score (nSPS) is 10.7. The maximum absolute atomic E-state index is 9.02. The maximum atomic E-state index is 9.02. The summed E-state index contributed by atoms with van der Waals surface area (Å²) in [6, 6.07) is 15.9. The van der Waals surface area contributed by atoms with Crippen molar-refractivity contribution >= 4 is 16.6 Å². The summed E-state index contributed by atoms with van der Waals surface area (Å²) in [5, 5.41) is 22.6. The van der Waals surface area contributed by atoms with Gasteiger partial charge in [-0.3, -0.25) is 0 Å². The molecular weight excluding hydrogens is 250 g/mol. The molecular formula is C16H15N3O. The molecule has 0 amide bonds. The molecule has 3 aromatic rings. The Balaban J connectivity index is 1.79. The van der Waals surface area contributed by atoms with Crippen LogP contribution in [-0.2, 0) is 13.2 Å². The topological polar surface area (TPSA) is 58.0 Å². The Morgan fingerprint density at radius 3 is 2.50 bits per heavy atom. The Morgan fingerprint density at radius 2 is 1.70 bits per heavy atom. The molecule has 2 aromatic carbocycles. The van der Waals surface area contributed by atoms with Gasteiger partial charge in [0, 0.05) is 17.3 Å². The zero-order valence-electron chi connectivity index (χ0n) is 11.0. The third kappa shape index (κ3) is 2.60. The molecule has 2 N–H and O–H groups in total. The monoisotopic (exact) mass is 265 g/mol. The SMILES string of the molecule is OCc1ccc(CNc2nncc3ccccc23)cc1. The number of hydrogen-bond donors (Lipinski definition) is 2. The third-order valence-corrected chi connectivity index (χ3v) is 3.24. The van der Waals surface area contributed by atoms with Crippen molar-refractivity contribution in [3.8, 4) is 0 Å². The lowest BCUT2D eigenvalue weighted by atomic mass is 10.1. The molecule has 0 saturated carbocycles. The van der Waals surface area contributed by atoms with Gasteiger partial charge in [0.25, 0.3) is 0 Å². The van der Waals surface area contributed by atoms with E-state index in [-0.39, 0.29) is 6.61 Å². The molecule has 1 heterocycles. The minimum absolute atomic E-state index is 0.0719. The van der Waals surface area contributed by atoms with Crippen LogP contribution < -0.4 is 5.32 Å². The highest BCUT2D eigenvalue weighted by Crippen LogP contribution is 2.19. The summed E-state index contributed by atoms with van der Waals surface area (Å²) in [6.45, 7) is 0.747. The predicted octanol–water partition coefficient (Wildman–Crippen LogP) is 2.73. The zero-order valence-corrected chi connectivity index (χ0v) is 11.0. The molecule has 1 aromatic heterocycles. The summed E-state index contributed by atoms with van der Waals surface area (Å²) in [5.74, 6) is 0.786. The van der Waals surface area contributed by atoms with Gasteiger partial charge in [0.15, 0.2) is 5.82 Å². The highest BCUT2D eigenvalue weighted by Gasteiger charge is 2.02. The van der Waals surface area contributed by atoms with Crippen molar-refractivity contribution in [2.45, 2.75) is 13.2 Å². The molecule has 0 radical (unpaired) electrons. The molecule has 0 aliphatic carbocycles. The molecule has 0 unspecified atom stereocenters. The average Bonchev–Trinajstić information content (AvgIpc) is 2.53. The van der Waals surface area contributed by atoms with Gasteiger partial charge >= 0.3 is 0 Å². The lowest BCUT2D eigenvalue weighted by Crippen LogP contribution is -2.03. The van der Waals surface area contributed by atoms with Gasteiger partial charge in [-0.15, -0.1) is 5.10 Å². The van der Waals surface area contributed by atoms with Crippen LogP contribution in [0.5, 0.6) is 0 Å². The summed E-state index contributed by atoms with van der Waals surface area (Å²) >= 11 is 0. The molecule has 0 spiro atoms. The summed E-state index contributed by atoms with van der Waals surface area (Å²) in [4.78, 5) is 0. The average molecular weight is 265 g/mol. The molecule has 3 rings (SSSR count). The van der Waals surface area contributed by atoms with Gasteiger partial charge in [0.1, 0.15) is 0 Å². The molecule has 0 bridgehead atoms. The van der Waals surface area contributed by atoms with Crippen molar-refractivity contribution in [3.63, 3.8) is 0 Å². The summed E-state index contributed by atoms with van der Waals surface area (Å²) < 4.78 is 0. The minimum Gasteiger partial charge on any atom is -0.392 e. The molecule has 0 fully saturated rings. The van der Waals surface area contributed by atoms with Crippen molar-refractivity contribution in [1.82, 2.24) is 10.2 Å².